The van der Waals surface area contributed by atoms with Gasteiger partial charge in [-0.3, -0.25) is 0 Å². The molecule has 0 aliphatic rings. The third kappa shape index (κ3) is 3.18. The van der Waals surface area contributed by atoms with Crippen LogP contribution in [0.4, 0.5) is 8.78 Å². The standard InChI is InChI=1S/C16H16F2O/c1-10-3-5-14(18)9-15(10)16(19)8-12-4-6-13(17)7-11(12)2/h3-7,9,16,19H,8H2,1-2H3. The summed E-state index contributed by atoms with van der Waals surface area (Å²) in [6.07, 6.45) is -0.448. The number of aliphatic hydroxyl groups is 1. The molecule has 0 aromatic heterocycles. The van der Waals surface area contributed by atoms with E-state index in [0.717, 1.165) is 16.7 Å². The molecule has 0 bridgehead atoms. The Morgan fingerprint density at radius 3 is 2.26 bits per heavy atom. The van der Waals surface area contributed by atoms with E-state index >= 15 is 0 Å². The highest BCUT2D eigenvalue weighted by Crippen LogP contribution is 2.24. The normalized spacial score (nSPS) is 12.5. The molecule has 0 aliphatic carbocycles. The van der Waals surface area contributed by atoms with E-state index in [-0.39, 0.29) is 11.6 Å². The van der Waals surface area contributed by atoms with Crippen molar-refractivity contribution in [1.82, 2.24) is 0 Å². The molecule has 3 heteroatoms. The topological polar surface area (TPSA) is 20.2 Å². The molecule has 1 unspecified atom stereocenters. The highest BCUT2D eigenvalue weighted by Gasteiger charge is 2.13. The van der Waals surface area contributed by atoms with Crippen LogP contribution in [-0.2, 0) is 6.42 Å². The smallest absolute Gasteiger partial charge is 0.123 e. The number of halogens is 2. The van der Waals surface area contributed by atoms with Crippen molar-refractivity contribution >= 4 is 0 Å². The molecular formula is C16H16F2O. The number of benzene rings is 2. The summed E-state index contributed by atoms with van der Waals surface area (Å²) in [6, 6.07) is 8.81. The van der Waals surface area contributed by atoms with Crippen molar-refractivity contribution in [2.45, 2.75) is 26.4 Å². The van der Waals surface area contributed by atoms with Gasteiger partial charge in [0.25, 0.3) is 0 Å². The third-order valence-electron chi connectivity index (χ3n) is 3.32. The van der Waals surface area contributed by atoms with Crippen LogP contribution in [-0.4, -0.2) is 5.11 Å². The molecule has 0 radical (unpaired) electrons. The molecule has 1 N–H and O–H groups in total. The van der Waals surface area contributed by atoms with Gasteiger partial charge in [0.2, 0.25) is 0 Å². The average molecular weight is 262 g/mol. The van der Waals surface area contributed by atoms with Gasteiger partial charge in [0.05, 0.1) is 6.10 Å². The lowest BCUT2D eigenvalue weighted by Crippen LogP contribution is -2.05. The van der Waals surface area contributed by atoms with Gasteiger partial charge in [-0.2, -0.15) is 0 Å². The lowest BCUT2D eigenvalue weighted by atomic mass is 9.95. The lowest BCUT2D eigenvalue weighted by molar-refractivity contribution is 0.177. The first-order chi connectivity index (χ1) is 8.97. The minimum Gasteiger partial charge on any atom is -0.388 e. The van der Waals surface area contributed by atoms with Gasteiger partial charge >= 0.3 is 0 Å². The van der Waals surface area contributed by atoms with Crippen molar-refractivity contribution in [2.75, 3.05) is 0 Å². The summed E-state index contributed by atoms with van der Waals surface area (Å²) in [6.45, 7) is 3.62. The van der Waals surface area contributed by atoms with Crippen LogP contribution in [0.3, 0.4) is 0 Å². The summed E-state index contributed by atoms with van der Waals surface area (Å²) in [7, 11) is 0. The fourth-order valence-corrected chi connectivity index (χ4v) is 2.18. The van der Waals surface area contributed by atoms with E-state index in [0.29, 0.717) is 12.0 Å². The van der Waals surface area contributed by atoms with E-state index in [1.54, 1.807) is 19.1 Å². The maximum absolute atomic E-state index is 13.2. The highest BCUT2D eigenvalue weighted by molar-refractivity contribution is 5.32. The van der Waals surface area contributed by atoms with Crippen LogP contribution in [0.25, 0.3) is 0 Å². The Balaban J connectivity index is 2.25. The average Bonchev–Trinajstić information content (AvgIpc) is 2.35. The van der Waals surface area contributed by atoms with Gasteiger partial charge in [0, 0.05) is 6.42 Å². The first-order valence-electron chi connectivity index (χ1n) is 6.16. The fourth-order valence-electron chi connectivity index (χ4n) is 2.18. The van der Waals surface area contributed by atoms with Crippen LogP contribution >= 0.6 is 0 Å². The maximum Gasteiger partial charge on any atom is 0.123 e. The SMILES string of the molecule is Cc1cc(F)ccc1CC(O)c1cc(F)ccc1C. The van der Waals surface area contributed by atoms with E-state index in [2.05, 4.69) is 0 Å². The Morgan fingerprint density at radius 2 is 1.58 bits per heavy atom. The van der Waals surface area contributed by atoms with E-state index in [4.69, 9.17) is 0 Å². The van der Waals surface area contributed by atoms with Crippen molar-refractivity contribution < 1.29 is 13.9 Å². The zero-order valence-corrected chi connectivity index (χ0v) is 11.0. The number of hydrogen-bond acceptors (Lipinski definition) is 1. The van der Waals surface area contributed by atoms with E-state index in [1.807, 2.05) is 6.92 Å². The zero-order chi connectivity index (χ0) is 14.0. The number of hydrogen-bond donors (Lipinski definition) is 1. The molecule has 0 spiro atoms. The van der Waals surface area contributed by atoms with E-state index < -0.39 is 6.10 Å². The quantitative estimate of drug-likeness (QED) is 0.890. The van der Waals surface area contributed by atoms with Gasteiger partial charge in [-0.05, 0) is 60.4 Å². The van der Waals surface area contributed by atoms with Crippen molar-refractivity contribution in [3.8, 4) is 0 Å². The zero-order valence-electron chi connectivity index (χ0n) is 11.0. The Kier molecular flexibility index (Phi) is 3.96. The van der Waals surface area contributed by atoms with Gasteiger partial charge in [0.1, 0.15) is 11.6 Å². The Bertz CT molecular complexity index is 593. The molecule has 1 nitrogen and oxygen atoms in total. The molecule has 2 rings (SSSR count). The predicted octanol–water partition coefficient (Wildman–Crippen LogP) is 3.86. The van der Waals surface area contributed by atoms with Gasteiger partial charge in [-0.15, -0.1) is 0 Å². The van der Waals surface area contributed by atoms with Crippen molar-refractivity contribution in [2.24, 2.45) is 0 Å². The molecule has 100 valence electrons. The van der Waals surface area contributed by atoms with E-state index in [9.17, 15) is 13.9 Å². The molecule has 19 heavy (non-hydrogen) atoms. The van der Waals surface area contributed by atoms with Crippen LogP contribution in [0.15, 0.2) is 36.4 Å². The monoisotopic (exact) mass is 262 g/mol. The highest BCUT2D eigenvalue weighted by atomic mass is 19.1. The number of aliphatic hydroxyl groups excluding tert-OH is 1. The molecule has 0 saturated carbocycles. The van der Waals surface area contributed by atoms with Crippen LogP contribution in [0, 0.1) is 25.5 Å². The lowest BCUT2D eigenvalue weighted by Gasteiger charge is -2.15. The first-order valence-corrected chi connectivity index (χ1v) is 6.16. The summed E-state index contributed by atoms with van der Waals surface area (Å²) in [5.41, 5.74) is 3.06. The summed E-state index contributed by atoms with van der Waals surface area (Å²) in [4.78, 5) is 0. The van der Waals surface area contributed by atoms with Crippen molar-refractivity contribution in [1.29, 1.82) is 0 Å². The van der Waals surface area contributed by atoms with Crippen molar-refractivity contribution in [3.63, 3.8) is 0 Å². The molecule has 0 saturated heterocycles. The van der Waals surface area contributed by atoms with Gasteiger partial charge in [-0.25, -0.2) is 8.78 Å². The fraction of sp³-hybridized carbons (Fsp3) is 0.250. The summed E-state index contributed by atoms with van der Waals surface area (Å²) >= 11 is 0. The van der Waals surface area contributed by atoms with Crippen LogP contribution in [0.2, 0.25) is 0 Å². The minimum atomic E-state index is -0.792. The number of rotatable bonds is 3. The second-order valence-electron chi connectivity index (χ2n) is 4.79. The third-order valence-corrected chi connectivity index (χ3v) is 3.32. The second kappa shape index (κ2) is 5.49. The molecule has 0 aliphatic heterocycles. The summed E-state index contributed by atoms with van der Waals surface area (Å²) in [5, 5.41) is 10.2. The molecule has 0 heterocycles. The molecule has 2 aromatic carbocycles. The molecule has 2 aromatic rings. The van der Waals surface area contributed by atoms with Gasteiger partial charge in [0.15, 0.2) is 0 Å². The van der Waals surface area contributed by atoms with Gasteiger partial charge in [-0.1, -0.05) is 12.1 Å². The molecule has 1 atom stereocenters. The Labute approximate surface area is 111 Å². The Hall–Kier alpha value is -1.74. The molecule has 0 fully saturated rings. The van der Waals surface area contributed by atoms with Crippen LogP contribution < -0.4 is 0 Å². The van der Waals surface area contributed by atoms with Gasteiger partial charge < -0.3 is 5.11 Å². The Morgan fingerprint density at radius 1 is 0.947 bits per heavy atom. The maximum atomic E-state index is 13.2. The number of aryl methyl sites for hydroxylation is 2. The van der Waals surface area contributed by atoms with E-state index in [1.165, 1.54) is 24.3 Å². The van der Waals surface area contributed by atoms with Crippen LogP contribution in [0.5, 0.6) is 0 Å². The van der Waals surface area contributed by atoms with Crippen molar-refractivity contribution in [3.05, 3.63) is 70.3 Å². The largest absolute Gasteiger partial charge is 0.388 e. The molecule has 0 amide bonds. The minimum absolute atomic E-state index is 0.294. The predicted molar refractivity (Wildman–Crippen MR) is 70.9 cm³/mol. The second-order valence-corrected chi connectivity index (χ2v) is 4.79. The van der Waals surface area contributed by atoms with Crippen LogP contribution in [0.1, 0.15) is 28.4 Å². The first kappa shape index (κ1) is 13.7. The summed E-state index contributed by atoms with van der Waals surface area (Å²) < 4.78 is 26.2. The molecular weight excluding hydrogens is 246 g/mol. The summed E-state index contributed by atoms with van der Waals surface area (Å²) in [5.74, 6) is -0.659.